The zero-order chi connectivity index (χ0) is 22.1. The summed E-state index contributed by atoms with van der Waals surface area (Å²) >= 11 is 6.28. The molecule has 1 heterocycles. The maximum Gasteiger partial charge on any atom is 0.412 e. The van der Waals surface area contributed by atoms with Crippen LogP contribution in [0, 0.1) is 13.8 Å². The van der Waals surface area contributed by atoms with Crippen molar-refractivity contribution >= 4 is 17.7 Å². The van der Waals surface area contributed by atoms with Crippen LogP contribution >= 0.6 is 11.6 Å². The lowest BCUT2D eigenvalue weighted by atomic mass is 10.0. The molecule has 0 atom stereocenters. The lowest BCUT2D eigenvalue weighted by Gasteiger charge is -2.16. The van der Waals surface area contributed by atoms with Crippen molar-refractivity contribution in [2.24, 2.45) is 7.05 Å². The van der Waals surface area contributed by atoms with E-state index in [1.54, 1.807) is 11.7 Å². The summed E-state index contributed by atoms with van der Waals surface area (Å²) in [7, 11) is 3.38. The number of hydrogen-bond donors (Lipinski definition) is 1. The molecule has 7 heteroatoms. The van der Waals surface area contributed by atoms with Crippen molar-refractivity contribution in [1.29, 1.82) is 0 Å². The molecule has 0 unspecified atom stereocenters. The minimum atomic E-state index is -0.487. The van der Waals surface area contributed by atoms with Crippen molar-refractivity contribution in [2.75, 3.05) is 7.05 Å². The summed E-state index contributed by atoms with van der Waals surface area (Å²) in [5.41, 5.74) is 5.91. The Labute approximate surface area is 187 Å². The summed E-state index contributed by atoms with van der Waals surface area (Å²) in [4.78, 5) is 11.8. The lowest BCUT2D eigenvalue weighted by molar-refractivity contribution is 0.201. The van der Waals surface area contributed by atoms with Gasteiger partial charge in [0.1, 0.15) is 23.3 Å². The van der Waals surface area contributed by atoms with Crippen LogP contribution in [0.25, 0.3) is 11.3 Å². The van der Waals surface area contributed by atoms with Crippen molar-refractivity contribution in [1.82, 2.24) is 15.1 Å². The topological polar surface area (TPSA) is 65.4 Å². The average molecular weight is 440 g/mol. The first-order chi connectivity index (χ1) is 14.9. The van der Waals surface area contributed by atoms with Gasteiger partial charge in [-0.25, -0.2) is 4.79 Å². The third kappa shape index (κ3) is 4.39. The lowest BCUT2D eigenvalue weighted by Crippen LogP contribution is -2.23. The number of ether oxygens (including phenoxy) is 2. The SMILES string of the molecule is CNC(=O)Oc1cccc(C2CC2)c1COc1ccc(-c2nn(C)c(Cl)c2C)cc1C. The van der Waals surface area contributed by atoms with Gasteiger partial charge in [-0.2, -0.15) is 5.10 Å². The van der Waals surface area contributed by atoms with E-state index in [1.165, 1.54) is 5.56 Å². The quantitative estimate of drug-likeness (QED) is 0.548. The number of nitrogens with zero attached hydrogens (tertiary/aromatic N) is 2. The Morgan fingerprint density at radius 2 is 2.00 bits per heavy atom. The highest BCUT2D eigenvalue weighted by Crippen LogP contribution is 2.44. The first-order valence-corrected chi connectivity index (χ1v) is 10.7. The van der Waals surface area contributed by atoms with Gasteiger partial charge in [-0.1, -0.05) is 23.7 Å². The monoisotopic (exact) mass is 439 g/mol. The number of amides is 1. The molecule has 1 fully saturated rings. The third-order valence-electron chi connectivity index (χ3n) is 5.61. The number of carbonyl (C=O) groups is 1. The van der Waals surface area contributed by atoms with Crippen LogP contribution < -0.4 is 14.8 Å². The standard InChI is InChI=1S/C24H26ClN3O3/c1-14-12-17(22-15(2)23(25)28(4)27-22)10-11-20(14)30-13-19-18(16-8-9-16)6-5-7-21(19)31-24(29)26-3/h5-7,10-12,16H,8-9,13H2,1-4H3,(H,26,29). The van der Waals surface area contributed by atoms with Gasteiger partial charge in [0.25, 0.3) is 0 Å². The number of nitrogens with one attached hydrogen (secondary N) is 1. The number of aromatic nitrogens is 2. The molecule has 1 N–H and O–H groups in total. The second-order valence-corrected chi connectivity index (χ2v) is 8.25. The van der Waals surface area contributed by atoms with E-state index < -0.39 is 6.09 Å². The summed E-state index contributed by atoms with van der Waals surface area (Å²) in [6, 6.07) is 11.8. The molecule has 0 bridgehead atoms. The van der Waals surface area contributed by atoms with E-state index in [1.807, 2.05) is 45.2 Å². The van der Waals surface area contributed by atoms with Crippen LogP contribution in [0.15, 0.2) is 36.4 Å². The van der Waals surface area contributed by atoms with Gasteiger partial charge >= 0.3 is 6.09 Å². The molecule has 2 aromatic carbocycles. The highest BCUT2D eigenvalue weighted by molar-refractivity contribution is 6.30. The Balaban J connectivity index is 1.58. The van der Waals surface area contributed by atoms with Crippen LogP contribution in [0.1, 0.15) is 41.0 Å². The van der Waals surface area contributed by atoms with Gasteiger partial charge in [-0.3, -0.25) is 4.68 Å². The van der Waals surface area contributed by atoms with Gasteiger partial charge in [0.15, 0.2) is 0 Å². The van der Waals surface area contributed by atoms with Crippen molar-refractivity contribution in [3.05, 3.63) is 63.8 Å². The second kappa shape index (κ2) is 8.63. The summed E-state index contributed by atoms with van der Waals surface area (Å²) in [6.07, 6.45) is 1.81. The van der Waals surface area contributed by atoms with Crippen LogP contribution in [-0.4, -0.2) is 22.9 Å². The Morgan fingerprint density at radius 1 is 1.23 bits per heavy atom. The Morgan fingerprint density at radius 3 is 2.61 bits per heavy atom. The van der Waals surface area contributed by atoms with E-state index in [4.69, 9.17) is 21.1 Å². The van der Waals surface area contributed by atoms with Crippen LogP contribution in [0.2, 0.25) is 5.15 Å². The molecule has 1 saturated carbocycles. The molecule has 1 aliphatic carbocycles. The summed E-state index contributed by atoms with van der Waals surface area (Å²) in [5, 5.41) is 7.65. The molecule has 0 saturated heterocycles. The molecular weight excluding hydrogens is 414 g/mol. The van der Waals surface area contributed by atoms with Crippen molar-refractivity contribution < 1.29 is 14.3 Å². The summed E-state index contributed by atoms with van der Waals surface area (Å²) < 4.78 is 13.3. The van der Waals surface area contributed by atoms with Crippen molar-refractivity contribution in [2.45, 2.75) is 39.2 Å². The minimum absolute atomic E-state index is 0.327. The van der Waals surface area contributed by atoms with E-state index in [0.717, 1.165) is 46.5 Å². The average Bonchev–Trinajstić information content (AvgIpc) is 3.57. The Hall–Kier alpha value is -2.99. The van der Waals surface area contributed by atoms with E-state index in [0.29, 0.717) is 23.4 Å². The van der Waals surface area contributed by atoms with Gasteiger partial charge in [-0.15, -0.1) is 0 Å². The van der Waals surface area contributed by atoms with Crippen molar-refractivity contribution in [3.8, 4) is 22.8 Å². The smallest absolute Gasteiger partial charge is 0.412 e. The van der Waals surface area contributed by atoms with E-state index in [9.17, 15) is 4.79 Å². The molecule has 31 heavy (non-hydrogen) atoms. The van der Waals surface area contributed by atoms with Gasteiger partial charge < -0.3 is 14.8 Å². The van der Waals surface area contributed by atoms with Gasteiger partial charge in [0, 0.05) is 30.8 Å². The predicted octanol–water partition coefficient (Wildman–Crippen LogP) is 5.53. The van der Waals surface area contributed by atoms with Crippen LogP contribution in [0.5, 0.6) is 11.5 Å². The first-order valence-electron chi connectivity index (χ1n) is 10.3. The third-order valence-corrected chi connectivity index (χ3v) is 6.14. The Bertz CT molecular complexity index is 1140. The van der Waals surface area contributed by atoms with Gasteiger partial charge in [-0.05, 0) is 68.0 Å². The zero-order valence-electron chi connectivity index (χ0n) is 18.2. The highest BCUT2D eigenvalue weighted by atomic mass is 35.5. The molecule has 0 radical (unpaired) electrons. The number of rotatable bonds is 6. The van der Waals surface area contributed by atoms with Crippen LogP contribution in [0.3, 0.4) is 0 Å². The number of carbonyl (C=O) groups excluding carboxylic acids is 1. The molecule has 162 valence electrons. The molecular formula is C24H26ClN3O3. The second-order valence-electron chi connectivity index (χ2n) is 7.89. The first kappa shape index (κ1) is 21.2. The summed E-state index contributed by atoms with van der Waals surface area (Å²) in [5.74, 6) is 1.82. The molecule has 6 nitrogen and oxygen atoms in total. The largest absolute Gasteiger partial charge is 0.488 e. The fraction of sp³-hybridized carbons (Fsp3) is 0.333. The van der Waals surface area contributed by atoms with Gasteiger partial charge in [0.05, 0.1) is 5.69 Å². The van der Waals surface area contributed by atoms with Crippen LogP contribution in [-0.2, 0) is 13.7 Å². The number of hydrogen-bond acceptors (Lipinski definition) is 4. The summed E-state index contributed by atoms with van der Waals surface area (Å²) in [6.45, 7) is 4.30. The molecule has 1 aliphatic rings. The van der Waals surface area contributed by atoms with Crippen LogP contribution in [0.4, 0.5) is 4.79 Å². The molecule has 3 aromatic rings. The molecule has 0 spiro atoms. The number of halogens is 1. The molecule has 1 aromatic heterocycles. The molecule has 0 aliphatic heterocycles. The van der Waals surface area contributed by atoms with E-state index in [2.05, 4.69) is 22.5 Å². The molecule has 4 rings (SSSR count). The number of benzene rings is 2. The Kier molecular flexibility index (Phi) is 5.92. The fourth-order valence-corrected chi connectivity index (χ4v) is 3.88. The maximum atomic E-state index is 11.8. The number of aryl methyl sites for hydroxylation is 2. The van der Waals surface area contributed by atoms with E-state index >= 15 is 0 Å². The highest BCUT2D eigenvalue weighted by Gasteiger charge is 2.28. The molecule has 1 amide bonds. The maximum absolute atomic E-state index is 11.8. The zero-order valence-corrected chi connectivity index (χ0v) is 18.9. The predicted molar refractivity (Wildman–Crippen MR) is 121 cm³/mol. The van der Waals surface area contributed by atoms with Gasteiger partial charge in [0.2, 0.25) is 0 Å². The fourth-order valence-electron chi connectivity index (χ4n) is 3.75. The van der Waals surface area contributed by atoms with Crippen molar-refractivity contribution in [3.63, 3.8) is 0 Å². The normalized spacial score (nSPS) is 13.2. The van der Waals surface area contributed by atoms with E-state index in [-0.39, 0.29) is 0 Å². The minimum Gasteiger partial charge on any atom is -0.488 e.